The summed E-state index contributed by atoms with van der Waals surface area (Å²) < 4.78 is 9.34. The van der Waals surface area contributed by atoms with Crippen LogP contribution in [0.15, 0.2) is 122 Å². The molecule has 2 aromatic heterocycles. The molecule has 1 aliphatic heterocycles. The summed E-state index contributed by atoms with van der Waals surface area (Å²) in [5.41, 5.74) is 3.85. The standard InChI is InChI=1S/C41H35ClN6O5S2/c1-5-46-37(28-13-10-14-30(42)21-28)44-45-41(46)54-32-20-19-31(48(51)52)22-29(32)23-33-38(49)47-36(27-17-15-25(16-18-27)24(3)4)34(39(50)53-6-2)35(43-40(47)55-33)26-11-8-7-9-12-26/h7-24,36H,5-6H2,1-4H3/b33-23+/t36-/m0/s1. The number of hydrogen-bond acceptors (Lipinski definition) is 10. The lowest BCUT2D eigenvalue weighted by Crippen LogP contribution is -2.40. The number of esters is 1. The van der Waals surface area contributed by atoms with E-state index in [0.29, 0.717) is 54.6 Å². The molecular weight excluding hydrogens is 756 g/mol. The molecule has 0 bridgehead atoms. The summed E-state index contributed by atoms with van der Waals surface area (Å²) in [6, 6.07) is 28.2. The second-order valence-corrected chi connectivity index (χ2v) is 15.3. The number of non-ortho nitro benzene ring substituents is 1. The van der Waals surface area contributed by atoms with E-state index in [2.05, 4.69) is 24.0 Å². The van der Waals surface area contributed by atoms with Gasteiger partial charge in [0.1, 0.15) is 0 Å². The average molecular weight is 791 g/mol. The molecule has 7 rings (SSSR count). The summed E-state index contributed by atoms with van der Waals surface area (Å²) in [5, 5.41) is 22.0. The first-order valence-corrected chi connectivity index (χ1v) is 19.6. The molecule has 1 aliphatic rings. The highest BCUT2D eigenvalue weighted by Crippen LogP contribution is 2.37. The lowest BCUT2D eigenvalue weighted by Gasteiger charge is -2.26. The Morgan fingerprint density at radius 1 is 1.00 bits per heavy atom. The van der Waals surface area contributed by atoms with Gasteiger partial charge in [0.25, 0.3) is 11.2 Å². The van der Waals surface area contributed by atoms with Crippen LogP contribution in [0, 0.1) is 10.1 Å². The van der Waals surface area contributed by atoms with E-state index in [-0.39, 0.29) is 28.3 Å². The molecule has 11 nitrogen and oxygen atoms in total. The predicted octanol–water partition coefficient (Wildman–Crippen LogP) is 8.05. The molecule has 0 saturated heterocycles. The predicted molar refractivity (Wildman–Crippen MR) is 215 cm³/mol. The van der Waals surface area contributed by atoms with Crippen LogP contribution in [-0.4, -0.2) is 36.8 Å². The van der Waals surface area contributed by atoms with Crippen LogP contribution in [0.4, 0.5) is 5.69 Å². The largest absolute Gasteiger partial charge is 0.463 e. The van der Waals surface area contributed by atoms with Crippen molar-refractivity contribution in [1.29, 1.82) is 0 Å². The Hall–Kier alpha value is -5.63. The maximum Gasteiger partial charge on any atom is 0.338 e. The van der Waals surface area contributed by atoms with Crippen LogP contribution >= 0.6 is 34.7 Å². The van der Waals surface area contributed by atoms with Crippen LogP contribution in [0.1, 0.15) is 61.9 Å². The van der Waals surface area contributed by atoms with E-state index in [1.165, 1.54) is 28.5 Å². The fourth-order valence-corrected chi connectivity index (χ4v) is 8.56. The first-order valence-electron chi connectivity index (χ1n) is 17.6. The van der Waals surface area contributed by atoms with E-state index in [0.717, 1.165) is 22.5 Å². The van der Waals surface area contributed by atoms with Crippen molar-refractivity contribution >= 4 is 58.1 Å². The van der Waals surface area contributed by atoms with Gasteiger partial charge in [0.05, 0.1) is 33.4 Å². The zero-order valence-corrected chi connectivity index (χ0v) is 32.7. The zero-order chi connectivity index (χ0) is 38.8. The number of fused-ring (bicyclic) bond motifs is 1. The van der Waals surface area contributed by atoms with Crippen molar-refractivity contribution in [3.05, 3.63) is 160 Å². The van der Waals surface area contributed by atoms with Crippen molar-refractivity contribution in [2.24, 2.45) is 4.99 Å². The first kappa shape index (κ1) is 37.7. The van der Waals surface area contributed by atoms with Gasteiger partial charge in [0.2, 0.25) is 0 Å². The van der Waals surface area contributed by atoms with Gasteiger partial charge in [-0.2, -0.15) is 0 Å². The minimum absolute atomic E-state index is 0.132. The van der Waals surface area contributed by atoms with Crippen LogP contribution in [0.25, 0.3) is 23.2 Å². The number of nitrogens with zero attached hydrogens (tertiary/aromatic N) is 6. The summed E-state index contributed by atoms with van der Waals surface area (Å²) >= 11 is 8.70. The monoisotopic (exact) mass is 790 g/mol. The van der Waals surface area contributed by atoms with Crippen molar-refractivity contribution in [2.45, 2.75) is 56.3 Å². The number of thiazole rings is 1. The summed E-state index contributed by atoms with van der Waals surface area (Å²) in [6.07, 6.45) is 1.64. The number of carbonyl (C=O) groups excluding carboxylic acids is 1. The van der Waals surface area contributed by atoms with Crippen molar-refractivity contribution in [2.75, 3.05) is 6.61 Å². The average Bonchev–Trinajstić information content (AvgIpc) is 3.74. The van der Waals surface area contributed by atoms with Crippen molar-refractivity contribution in [3.63, 3.8) is 0 Å². The molecule has 0 amide bonds. The second-order valence-electron chi connectivity index (χ2n) is 12.9. The molecule has 0 unspecified atom stereocenters. The molecule has 0 fully saturated rings. The van der Waals surface area contributed by atoms with E-state index in [9.17, 15) is 19.7 Å². The molecule has 4 aromatic carbocycles. The highest BCUT2D eigenvalue weighted by Gasteiger charge is 2.35. The van der Waals surface area contributed by atoms with E-state index in [4.69, 9.17) is 21.3 Å². The molecular formula is C41H35ClN6O5S2. The minimum Gasteiger partial charge on any atom is -0.463 e. The number of halogens is 1. The summed E-state index contributed by atoms with van der Waals surface area (Å²) in [6.45, 7) is 8.58. The third-order valence-electron chi connectivity index (χ3n) is 9.10. The summed E-state index contributed by atoms with van der Waals surface area (Å²) in [7, 11) is 0. The molecule has 14 heteroatoms. The third-order valence-corrected chi connectivity index (χ3v) is 11.4. The second kappa shape index (κ2) is 16.0. The Morgan fingerprint density at radius 2 is 1.75 bits per heavy atom. The lowest BCUT2D eigenvalue weighted by molar-refractivity contribution is -0.384. The van der Waals surface area contributed by atoms with E-state index < -0.39 is 22.5 Å². The number of nitro benzene ring substituents is 1. The number of benzene rings is 4. The Morgan fingerprint density at radius 3 is 2.42 bits per heavy atom. The SMILES string of the molecule is CCOC(=O)C1=C(c2ccccc2)N=c2s/c(=C/c3cc([N+](=O)[O-])ccc3Sc3nnc(-c4cccc(Cl)c4)n3CC)c(=O)n2[C@H]1c1ccc(C(C)C)cc1. The Kier molecular flexibility index (Phi) is 11.0. The Labute approximate surface area is 329 Å². The number of hydrogen-bond donors (Lipinski definition) is 0. The first-order chi connectivity index (χ1) is 26.6. The number of nitro groups is 1. The van der Waals surface area contributed by atoms with E-state index in [1.807, 2.05) is 84.3 Å². The van der Waals surface area contributed by atoms with Crippen LogP contribution in [0.2, 0.25) is 5.02 Å². The molecule has 1 atom stereocenters. The number of rotatable bonds is 11. The van der Waals surface area contributed by atoms with Gasteiger partial charge < -0.3 is 9.30 Å². The number of aromatic nitrogens is 4. The van der Waals surface area contributed by atoms with Gasteiger partial charge in [0, 0.05) is 39.7 Å². The van der Waals surface area contributed by atoms with Crippen molar-refractivity contribution in [3.8, 4) is 11.4 Å². The maximum atomic E-state index is 14.7. The third kappa shape index (κ3) is 7.55. The molecule has 0 saturated carbocycles. The van der Waals surface area contributed by atoms with Crippen LogP contribution in [-0.2, 0) is 16.1 Å². The molecule has 0 aliphatic carbocycles. The molecule has 278 valence electrons. The van der Waals surface area contributed by atoms with Gasteiger partial charge in [-0.05, 0) is 72.5 Å². The molecule has 6 aromatic rings. The Balaban J connectivity index is 1.42. The number of ether oxygens (including phenoxy) is 1. The molecule has 0 radical (unpaired) electrons. The molecule has 0 spiro atoms. The van der Waals surface area contributed by atoms with Gasteiger partial charge in [-0.25, -0.2) is 9.79 Å². The van der Waals surface area contributed by atoms with Crippen molar-refractivity contribution < 1.29 is 14.5 Å². The highest BCUT2D eigenvalue weighted by atomic mass is 35.5. The van der Waals surface area contributed by atoms with Gasteiger partial charge in [0.15, 0.2) is 15.8 Å². The van der Waals surface area contributed by atoms with Crippen LogP contribution < -0.4 is 14.9 Å². The summed E-state index contributed by atoms with van der Waals surface area (Å²) in [4.78, 5) is 46.0. The minimum atomic E-state index is -0.860. The maximum absolute atomic E-state index is 14.7. The quantitative estimate of drug-likeness (QED) is 0.0731. The molecule has 0 N–H and O–H groups in total. The van der Waals surface area contributed by atoms with Gasteiger partial charge >= 0.3 is 5.97 Å². The molecule has 3 heterocycles. The fourth-order valence-electron chi connectivity index (χ4n) is 6.40. The lowest BCUT2D eigenvalue weighted by atomic mass is 9.91. The fraction of sp³-hybridized carbons (Fsp3) is 0.195. The van der Waals surface area contributed by atoms with Crippen LogP contribution in [0.3, 0.4) is 0 Å². The highest BCUT2D eigenvalue weighted by molar-refractivity contribution is 7.99. The van der Waals surface area contributed by atoms with E-state index in [1.54, 1.807) is 25.1 Å². The topological polar surface area (TPSA) is 135 Å². The molecule has 55 heavy (non-hydrogen) atoms. The Bertz CT molecular complexity index is 2650. The van der Waals surface area contributed by atoms with Gasteiger partial charge in [-0.3, -0.25) is 19.5 Å². The zero-order valence-electron chi connectivity index (χ0n) is 30.3. The smallest absolute Gasteiger partial charge is 0.338 e. The number of carbonyl (C=O) groups is 1. The van der Waals surface area contributed by atoms with Gasteiger partial charge in [-0.1, -0.05) is 104 Å². The normalized spacial score (nSPS) is 14.2. The van der Waals surface area contributed by atoms with Crippen LogP contribution in [0.5, 0.6) is 0 Å². The van der Waals surface area contributed by atoms with Crippen molar-refractivity contribution in [1.82, 2.24) is 19.3 Å². The summed E-state index contributed by atoms with van der Waals surface area (Å²) in [5.74, 6) is 0.316. The van der Waals surface area contributed by atoms with Gasteiger partial charge in [-0.15, -0.1) is 10.2 Å². The van der Waals surface area contributed by atoms with E-state index >= 15 is 0 Å².